The molecule has 0 saturated carbocycles. The summed E-state index contributed by atoms with van der Waals surface area (Å²) in [6, 6.07) is 49.2. The third-order valence-electron chi connectivity index (χ3n) is 10.2. The molecule has 0 N–H and O–H groups in total. The van der Waals surface area contributed by atoms with E-state index in [2.05, 4.69) is 12.1 Å². The highest BCUT2D eigenvalue weighted by Gasteiger charge is 2.21. The van der Waals surface area contributed by atoms with E-state index in [0.717, 1.165) is 49.7 Å². The first-order valence-corrected chi connectivity index (χ1v) is 18.3. The van der Waals surface area contributed by atoms with E-state index in [4.69, 9.17) is 24.9 Å². The van der Waals surface area contributed by atoms with Gasteiger partial charge in [-0.05, 0) is 47.0 Å². The van der Waals surface area contributed by atoms with Crippen LogP contribution in [-0.2, 0) is 0 Å². The predicted octanol–water partition coefficient (Wildman–Crippen LogP) is 13.2. The number of hydrogen-bond acceptors (Lipinski definition) is 4. The normalized spacial score (nSPS) is 13.1. The van der Waals surface area contributed by atoms with Crippen LogP contribution in [0.2, 0.25) is 0 Å². The number of hydrogen-bond donors (Lipinski definition) is 0. The molecule has 262 valence electrons. The summed E-state index contributed by atoms with van der Waals surface area (Å²) in [5.41, 5.74) is 8.08. The standard InChI is InChI=1S/C51H32N4O/c1-3-14-33(15-4-1)34-26-28-36(29-27-34)50-52-49(35-16-5-2-6-17-35)53-51(54-50)43-31-30-37(38-21-13-22-42-41-20-9-12-25-47(41)56-48(38)42)32-46(43)55-44-23-10-7-18-39(44)40-19-8-11-24-45(40)55/h1-32H/i7D,8D,18D,19D,23D,24D. The summed E-state index contributed by atoms with van der Waals surface area (Å²) in [7, 11) is 0. The number of benzene rings is 8. The molecule has 0 unspecified atom stereocenters. The zero-order valence-corrected chi connectivity index (χ0v) is 29.7. The average molecular weight is 723 g/mol. The minimum atomic E-state index is -0.198. The first-order chi connectivity index (χ1) is 30.2. The Morgan fingerprint density at radius 3 is 1.68 bits per heavy atom. The lowest BCUT2D eigenvalue weighted by molar-refractivity contribution is 0.670. The highest BCUT2D eigenvalue weighted by atomic mass is 16.3. The van der Waals surface area contributed by atoms with E-state index in [9.17, 15) is 2.74 Å². The molecule has 0 aliphatic rings. The molecule has 0 aliphatic heterocycles. The van der Waals surface area contributed by atoms with Gasteiger partial charge in [-0.25, -0.2) is 15.0 Å². The zero-order chi connectivity index (χ0) is 42.2. The second-order valence-electron chi connectivity index (χ2n) is 13.5. The van der Waals surface area contributed by atoms with Crippen LogP contribution >= 0.6 is 0 Å². The highest BCUT2D eigenvalue weighted by Crippen LogP contribution is 2.41. The Labute approximate surface area is 331 Å². The zero-order valence-electron chi connectivity index (χ0n) is 35.7. The van der Waals surface area contributed by atoms with Gasteiger partial charge in [-0.2, -0.15) is 0 Å². The maximum atomic E-state index is 9.30. The molecule has 3 heterocycles. The summed E-state index contributed by atoms with van der Waals surface area (Å²) >= 11 is 0. The van der Waals surface area contributed by atoms with Gasteiger partial charge in [0.2, 0.25) is 0 Å². The summed E-state index contributed by atoms with van der Waals surface area (Å²) in [5, 5.41) is 2.23. The van der Waals surface area contributed by atoms with E-state index in [1.165, 1.54) is 12.1 Å². The van der Waals surface area contributed by atoms with Crippen LogP contribution in [-0.4, -0.2) is 19.5 Å². The van der Waals surface area contributed by atoms with Crippen molar-refractivity contribution in [3.63, 3.8) is 0 Å². The molecule has 0 radical (unpaired) electrons. The van der Waals surface area contributed by atoms with Gasteiger partial charge < -0.3 is 8.98 Å². The van der Waals surface area contributed by atoms with Crippen molar-refractivity contribution in [1.29, 1.82) is 0 Å². The monoisotopic (exact) mass is 722 g/mol. The maximum Gasteiger partial charge on any atom is 0.166 e. The minimum absolute atomic E-state index is 0.0712. The van der Waals surface area contributed by atoms with Crippen molar-refractivity contribution in [3.8, 4) is 62.1 Å². The second kappa shape index (κ2) is 13.0. The summed E-state index contributed by atoms with van der Waals surface area (Å²) in [4.78, 5) is 15.2. The molecule has 8 aromatic carbocycles. The summed E-state index contributed by atoms with van der Waals surface area (Å²) in [6.07, 6.45) is 0. The van der Waals surface area contributed by atoms with Gasteiger partial charge >= 0.3 is 0 Å². The van der Waals surface area contributed by atoms with Crippen molar-refractivity contribution < 1.29 is 12.6 Å². The van der Waals surface area contributed by atoms with Crippen molar-refractivity contribution in [1.82, 2.24) is 19.5 Å². The molecular formula is C51H32N4O. The van der Waals surface area contributed by atoms with Crippen molar-refractivity contribution in [2.24, 2.45) is 0 Å². The fourth-order valence-electron chi connectivity index (χ4n) is 7.59. The first-order valence-electron chi connectivity index (χ1n) is 21.3. The molecule has 11 aromatic rings. The van der Waals surface area contributed by atoms with E-state index in [-0.39, 0.29) is 58.1 Å². The van der Waals surface area contributed by atoms with Crippen LogP contribution in [0.3, 0.4) is 0 Å². The van der Waals surface area contributed by atoms with Gasteiger partial charge in [-0.3, -0.25) is 0 Å². The van der Waals surface area contributed by atoms with E-state index in [0.29, 0.717) is 34.3 Å². The second-order valence-corrected chi connectivity index (χ2v) is 13.5. The van der Waals surface area contributed by atoms with Crippen LogP contribution in [0.4, 0.5) is 0 Å². The van der Waals surface area contributed by atoms with Gasteiger partial charge in [-0.1, -0.05) is 164 Å². The molecule has 11 rings (SSSR count). The molecule has 0 spiro atoms. The molecule has 0 aliphatic carbocycles. The van der Waals surface area contributed by atoms with Gasteiger partial charge in [0, 0.05) is 43.8 Å². The first kappa shape index (κ1) is 26.2. The third kappa shape index (κ3) is 5.29. The number of aromatic nitrogens is 4. The van der Waals surface area contributed by atoms with E-state index in [1.807, 2.05) is 133 Å². The Morgan fingerprint density at radius 1 is 0.411 bits per heavy atom. The van der Waals surface area contributed by atoms with Gasteiger partial charge in [0.25, 0.3) is 0 Å². The number of fused-ring (bicyclic) bond motifs is 6. The van der Waals surface area contributed by atoms with E-state index < -0.39 is 0 Å². The topological polar surface area (TPSA) is 56.7 Å². The molecule has 0 bridgehead atoms. The molecule has 0 atom stereocenters. The van der Waals surface area contributed by atoms with Crippen LogP contribution < -0.4 is 0 Å². The minimum Gasteiger partial charge on any atom is -0.455 e. The Morgan fingerprint density at radius 2 is 0.964 bits per heavy atom. The predicted molar refractivity (Wildman–Crippen MR) is 229 cm³/mol. The number of rotatable bonds is 6. The molecule has 5 heteroatoms. The SMILES string of the molecule is [2H]c1cc([2H])c2c(c1[2H])c1c([2H])c([2H])cc([2H])c1n2-c1cc(-c2cccc3c2oc2ccccc23)ccc1-c1nc(-c2ccccc2)nc(-c2ccc(-c3ccccc3)cc2)n1. The Balaban J connectivity index is 1.23. The smallest absolute Gasteiger partial charge is 0.166 e. The third-order valence-corrected chi connectivity index (χ3v) is 10.2. The number of nitrogens with zero attached hydrogens (tertiary/aromatic N) is 4. The van der Waals surface area contributed by atoms with Crippen molar-refractivity contribution in [2.45, 2.75) is 0 Å². The number of furan rings is 1. The molecule has 3 aromatic heterocycles. The lowest BCUT2D eigenvalue weighted by Gasteiger charge is -2.16. The fourth-order valence-corrected chi connectivity index (χ4v) is 7.59. The van der Waals surface area contributed by atoms with Crippen LogP contribution in [0.1, 0.15) is 8.22 Å². The fraction of sp³-hybridized carbons (Fsp3) is 0. The van der Waals surface area contributed by atoms with Crippen LogP contribution in [0, 0.1) is 0 Å². The Kier molecular flexibility index (Phi) is 6.10. The molecule has 0 amide bonds. The van der Waals surface area contributed by atoms with Gasteiger partial charge in [0.15, 0.2) is 17.5 Å². The summed E-state index contributed by atoms with van der Waals surface area (Å²) < 4.78 is 62.3. The molecule has 0 fully saturated rings. The summed E-state index contributed by atoms with van der Waals surface area (Å²) in [6.45, 7) is 0. The van der Waals surface area contributed by atoms with Crippen molar-refractivity contribution in [3.05, 3.63) is 194 Å². The molecular weight excluding hydrogens is 685 g/mol. The molecule has 5 nitrogen and oxygen atoms in total. The largest absolute Gasteiger partial charge is 0.455 e. The quantitative estimate of drug-likeness (QED) is 0.171. The van der Waals surface area contributed by atoms with Crippen LogP contribution in [0.5, 0.6) is 0 Å². The van der Waals surface area contributed by atoms with Crippen molar-refractivity contribution >= 4 is 43.7 Å². The van der Waals surface area contributed by atoms with Gasteiger partial charge in [-0.15, -0.1) is 0 Å². The van der Waals surface area contributed by atoms with E-state index in [1.54, 1.807) is 4.57 Å². The maximum absolute atomic E-state index is 9.30. The van der Waals surface area contributed by atoms with Crippen LogP contribution in [0.15, 0.2) is 198 Å². The van der Waals surface area contributed by atoms with Gasteiger partial charge in [0.1, 0.15) is 11.2 Å². The lowest BCUT2D eigenvalue weighted by atomic mass is 9.99. The van der Waals surface area contributed by atoms with Crippen molar-refractivity contribution in [2.75, 3.05) is 0 Å². The number of para-hydroxylation sites is 4. The highest BCUT2D eigenvalue weighted by molar-refractivity contribution is 6.11. The van der Waals surface area contributed by atoms with E-state index >= 15 is 0 Å². The molecule has 0 saturated heterocycles. The average Bonchev–Trinajstić information content (AvgIpc) is 3.88. The Hall–Kier alpha value is -7.63. The molecule has 56 heavy (non-hydrogen) atoms. The Bertz CT molecular complexity index is 3520. The van der Waals surface area contributed by atoms with Gasteiger partial charge in [0.05, 0.1) is 24.9 Å². The van der Waals surface area contributed by atoms with Crippen LogP contribution in [0.25, 0.3) is 106 Å². The lowest BCUT2D eigenvalue weighted by Crippen LogP contribution is -2.04. The summed E-state index contributed by atoms with van der Waals surface area (Å²) in [5.74, 6) is 1.17.